The van der Waals surface area contributed by atoms with Crippen molar-refractivity contribution in [2.45, 2.75) is 0 Å². The zero-order valence-corrected chi connectivity index (χ0v) is 6.69. The minimum atomic E-state index is -0.603. The average Bonchev–Trinajstić information content (AvgIpc) is 2.06. The van der Waals surface area contributed by atoms with Crippen LogP contribution in [0.3, 0.4) is 0 Å². The minimum absolute atomic E-state index is 0.331. The van der Waals surface area contributed by atoms with Crippen molar-refractivity contribution in [1.82, 2.24) is 0 Å². The molecule has 12 heavy (non-hydrogen) atoms. The van der Waals surface area contributed by atoms with Gasteiger partial charge in [-0.15, -0.1) is 0 Å². The fourth-order valence-corrected chi connectivity index (χ4v) is 0.817. The van der Waals surface area contributed by atoms with Crippen LogP contribution in [-0.2, 0) is 0 Å². The van der Waals surface area contributed by atoms with E-state index in [0.29, 0.717) is 10.6 Å². The van der Waals surface area contributed by atoms with Crippen LogP contribution >= 0.6 is 11.6 Å². The summed E-state index contributed by atoms with van der Waals surface area (Å²) in [6, 6.07) is 6.11. The highest BCUT2D eigenvalue weighted by Crippen LogP contribution is 2.10. The van der Waals surface area contributed by atoms with Crippen molar-refractivity contribution in [2.24, 2.45) is 10.4 Å². The molecule has 62 valence electrons. The van der Waals surface area contributed by atoms with Gasteiger partial charge >= 0.3 is 0 Å². The molecule has 0 radical (unpaired) electrons. The van der Waals surface area contributed by atoms with Crippen LogP contribution in [0.2, 0.25) is 5.02 Å². The first-order valence-electron chi connectivity index (χ1n) is 3.09. The normalized spacial score (nSPS) is 10.4. The monoisotopic (exact) mass is 184 g/mol. The Morgan fingerprint density at radius 1 is 1.33 bits per heavy atom. The van der Waals surface area contributed by atoms with E-state index in [1.165, 1.54) is 12.1 Å². The topological polar surface area (TPSA) is 62.0 Å². The number of hydrogen-bond donors (Lipinski definition) is 1. The van der Waals surface area contributed by atoms with Crippen molar-refractivity contribution in [1.29, 1.82) is 0 Å². The van der Waals surface area contributed by atoms with Crippen LogP contribution in [0.4, 0.5) is 0 Å². The zero-order valence-electron chi connectivity index (χ0n) is 5.94. The summed E-state index contributed by atoms with van der Waals surface area (Å²) in [5.41, 5.74) is 0.331. The third kappa shape index (κ3) is 2.03. The van der Waals surface area contributed by atoms with Gasteiger partial charge in [-0.25, -0.2) is 0 Å². The van der Waals surface area contributed by atoms with E-state index >= 15 is 0 Å². The third-order valence-corrected chi connectivity index (χ3v) is 1.48. The fraction of sp³-hybridized carbons (Fsp3) is 0. The van der Waals surface area contributed by atoms with E-state index in [2.05, 4.69) is 10.4 Å². The van der Waals surface area contributed by atoms with Crippen LogP contribution in [0.15, 0.2) is 34.7 Å². The predicted octanol–water partition coefficient (Wildman–Crippen LogP) is 2.32. The lowest BCUT2D eigenvalue weighted by atomic mass is 10.2. The van der Waals surface area contributed by atoms with Gasteiger partial charge in [-0.1, -0.05) is 16.7 Å². The molecule has 0 atom stereocenters. The van der Waals surface area contributed by atoms with E-state index < -0.39 is 5.91 Å². The number of nitrogens with zero attached hydrogens (tertiary/aromatic N) is 2. The maximum Gasteiger partial charge on any atom is 0.298 e. The summed E-state index contributed by atoms with van der Waals surface area (Å²) in [5.74, 6) is -0.603. The van der Waals surface area contributed by atoms with Gasteiger partial charge in [0, 0.05) is 15.9 Å². The third-order valence-electron chi connectivity index (χ3n) is 1.23. The summed E-state index contributed by atoms with van der Waals surface area (Å²) in [6.07, 6.45) is 0. The molecule has 0 saturated heterocycles. The molecule has 0 aliphatic rings. The van der Waals surface area contributed by atoms with Gasteiger partial charge < -0.3 is 5.21 Å². The summed E-state index contributed by atoms with van der Waals surface area (Å²) in [6.45, 7) is 0. The number of carbonyl (C=O) groups excluding carboxylic acids is 1. The first-order chi connectivity index (χ1) is 5.74. The Labute approximate surface area is 73.5 Å². The molecular formula is C7H5ClN2O2. The van der Waals surface area contributed by atoms with Crippen molar-refractivity contribution < 1.29 is 10.0 Å². The Hall–Kier alpha value is -1.42. The van der Waals surface area contributed by atoms with Crippen molar-refractivity contribution in [3.05, 3.63) is 34.9 Å². The molecule has 0 aromatic heterocycles. The van der Waals surface area contributed by atoms with Gasteiger partial charge in [0.1, 0.15) is 0 Å². The number of rotatable bonds is 1. The Balaban J connectivity index is 2.90. The maximum absolute atomic E-state index is 10.9. The van der Waals surface area contributed by atoms with Gasteiger partial charge in [0.15, 0.2) is 0 Å². The van der Waals surface area contributed by atoms with E-state index in [9.17, 15) is 4.79 Å². The minimum Gasteiger partial charge on any atom is -0.394 e. The molecule has 4 nitrogen and oxygen atoms in total. The lowest BCUT2D eigenvalue weighted by Crippen LogP contribution is -1.92. The Bertz CT molecular complexity index is 308. The zero-order chi connectivity index (χ0) is 8.97. The highest BCUT2D eigenvalue weighted by Gasteiger charge is 2.02. The molecule has 0 heterocycles. The second kappa shape index (κ2) is 3.82. The van der Waals surface area contributed by atoms with Crippen molar-refractivity contribution in [3.8, 4) is 0 Å². The lowest BCUT2D eigenvalue weighted by molar-refractivity contribution is 0.0974. The van der Waals surface area contributed by atoms with Gasteiger partial charge in [0.25, 0.3) is 5.91 Å². The van der Waals surface area contributed by atoms with Crippen LogP contribution in [0.5, 0.6) is 0 Å². The summed E-state index contributed by atoms with van der Waals surface area (Å²) >= 11 is 5.58. The number of hydrogen-bond acceptors (Lipinski definition) is 2. The maximum atomic E-state index is 10.9. The van der Waals surface area contributed by atoms with Crippen LogP contribution in [-0.4, -0.2) is 11.1 Å². The first kappa shape index (κ1) is 8.67. The van der Waals surface area contributed by atoms with Crippen LogP contribution < -0.4 is 0 Å². The number of amides is 1. The van der Waals surface area contributed by atoms with E-state index in [4.69, 9.17) is 16.8 Å². The number of carbonyl (C=O) groups is 1. The van der Waals surface area contributed by atoms with Crippen LogP contribution in [0.1, 0.15) is 10.4 Å². The van der Waals surface area contributed by atoms with Gasteiger partial charge in [0.2, 0.25) is 0 Å². The van der Waals surface area contributed by atoms with E-state index in [1.54, 1.807) is 12.1 Å². The van der Waals surface area contributed by atoms with Gasteiger partial charge in [-0.3, -0.25) is 4.79 Å². The standard InChI is InChI=1S/C7H5ClN2O2/c8-6-3-1-5(2-4-6)7(11)9-10-12/h1-4H,(H,9,11,12). The molecule has 1 aromatic carbocycles. The molecular weight excluding hydrogens is 180 g/mol. The van der Waals surface area contributed by atoms with E-state index in [-0.39, 0.29) is 0 Å². The quantitative estimate of drug-likeness (QED) is 0.538. The summed E-state index contributed by atoms with van der Waals surface area (Å²) in [7, 11) is 0. The van der Waals surface area contributed by atoms with Crippen molar-refractivity contribution >= 4 is 17.5 Å². The van der Waals surface area contributed by atoms with Crippen molar-refractivity contribution in [3.63, 3.8) is 0 Å². The highest BCUT2D eigenvalue weighted by molar-refractivity contribution is 6.30. The average molecular weight is 185 g/mol. The molecule has 0 bridgehead atoms. The number of benzene rings is 1. The smallest absolute Gasteiger partial charge is 0.298 e. The molecule has 0 aliphatic heterocycles. The molecule has 0 fully saturated rings. The number of halogens is 1. The molecule has 0 saturated carbocycles. The van der Waals surface area contributed by atoms with Crippen molar-refractivity contribution in [2.75, 3.05) is 0 Å². The fourth-order valence-electron chi connectivity index (χ4n) is 0.691. The van der Waals surface area contributed by atoms with Crippen LogP contribution in [0.25, 0.3) is 0 Å². The Morgan fingerprint density at radius 2 is 1.92 bits per heavy atom. The molecule has 1 aromatic rings. The lowest BCUT2D eigenvalue weighted by Gasteiger charge is -1.92. The highest BCUT2D eigenvalue weighted by atomic mass is 35.5. The molecule has 1 amide bonds. The van der Waals surface area contributed by atoms with Gasteiger partial charge in [-0.05, 0) is 24.3 Å². The first-order valence-corrected chi connectivity index (χ1v) is 3.47. The summed E-state index contributed by atoms with van der Waals surface area (Å²) in [4.78, 5) is 10.9. The molecule has 0 unspecified atom stereocenters. The summed E-state index contributed by atoms with van der Waals surface area (Å²) < 4.78 is 0. The second-order valence-electron chi connectivity index (χ2n) is 2.00. The summed E-state index contributed by atoms with van der Waals surface area (Å²) in [5, 5.41) is 13.8. The Kier molecular flexibility index (Phi) is 2.76. The van der Waals surface area contributed by atoms with E-state index in [0.717, 1.165) is 0 Å². The molecule has 5 heteroatoms. The Morgan fingerprint density at radius 3 is 2.42 bits per heavy atom. The molecule has 1 rings (SSSR count). The van der Waals surface area contributed by atoms with E-state index in [1.807, 2.05) is 0 Å². The largest absolute Gasteiger partial charge is 0.394 e. The second-order valence-corrected chi connectivity index (χ2v) is 2.44. The molecule has 1 N–H and O–H groups in total. The van der Waals surface area contributed by atoms with Gasteiger partial charge in [0.05, 0.1) is 0 Å². The SMILES string of the molecule is O=C(/N=N\O)c1ccc(Cl)cc1. The van der Waals surface area contributed by atoms with Crippen LogP contribution in [0, 0.1) is 0 Å². The predicted molar refractivity (Wildman–Crippen MR) is 42.4 cm³/mol. The molecule has 0 spiro atoms. The van der Waals surface area contributed by atoms with Gasteiger partial charge in [-0.2, -0.15) is 0 Å². The molecule has 0 aliphatic carbocycles.